The minimum absolute atomic E-state index is 0.0504. The van der Waals surface area contributed by atoms with Gasteiger partial charge in [0.1, 0.15) is 0 Å². The van der Waals surface area contributed by atoms with E-state index in [4.69, 9.17) is 6.58 Å². The number of benzene rings is 1. The van der Waals surface area contributed by atoms with Gasteiger partial charge in [-0.25, -0.2) is 0 Å². The molecule has 3 unspecified atom stereocenters. The Morgan fingerprint density at radius 1 is 0.883 bits per heavy atom. The maximum atomic E-state index is 4.88. The number of nitrogens with zero attached hydrogens (tertiary/aromatic N) is 2. The lowest BCUT2D eigenvalue weighted by Crippen LogP contribution is -2.38. The number of allylic oxidation sites excluding steroid dienone is 6. The molecule has 0 aliphatic carbocycles. The Labute approximate surface area is 377 Å². The van der Waals surface area contributed by atoms with Crippen LogP contribution in [0.25, 0.3) is 0 Å². The van der Waals surface area contributed by atoms with Crippen LogP contribution in [0.1, 0.15) is 182 Å². The number of likely N-dealkylation sites (tertiary alicyclic amines) is 1. The Bertz CT molecular complexity index is 1480. The Morgan fingerprint density at radius 3 is 2.13 bits per heavy atom. The average Bonchev–Trinajstić information content (AvgIpc) is 3.48. The van der Waals surface area contributed by atoms with Gasteiger partial charge in [-0.3, -0.25) is 0 Å². The maximum Gasteiger partial charge on any atom is 0.0498 e. The standard InChI is InChI=1S/C56H93N3S/c1-15-17-18-22-27-37-58(51(12)56(13,14)49(10)54(41-45(5)6)53-33-31-52(32-34-53)42-46(7)16-2)38-28-23-24-29-40-60-55-43-48(9)59(50(55)11)39-35-47(8)57-36-26-21-19-20-25-30-44(3)4/h25,30-34,44,49,54-55,57H,5,7-9,11-12,15-24,26-29,35-43H2,1-4,6,10,13-14H3. The van der Waals surface area contributed by atoms with E-state index in [1.807, 2.05) is 0 Å². The van der Waals surface area contributed by atoms with Gasteiger partial charge in [0, 0.05) is 72.5 Å². The van der Waals surface area contributed by atoms with Gasteiger partial charge in [0.05, 0.1) is 0 Å². The summed E-state index contributed by atoms with van der Waals surface area (Å²) in [6.07, 6.45) is 26.0. The van der Waals surface area contributed by atoms with Crippen molar-refractivity contribution in [2.75, 3.05) is 31.9 Å². The molecule has 1 aromatic rings. The van der Waals surface area contributed by atoms with Crippen LogP contribution in [0.4, 0.5) is 0 Å². The first kappa shape index (κ1) is 53.3. The third-order valence-electron chi connectivity index (χ3n) is 13.1. The third kappa shape index (κ3) is 19.9. The van der Waals surface area contributed by atoms with Crippen LogP contribution in [-0.2, 0) is 6.42 Å². The van der Waals surface area contributed by atoms with Crippen molar-refractivity contribution in [1.29, 1.82) is 0 Å². The molecule has 1 aliphatic rings. The molecule has 0 amide bonds. The van der Waals surface area contributed by atoms with Crippen LogP contribution in [0.2, 0.25) is 0 Å². The van der Waals surface area contributed by atoms with Gasteiger partial charge >= 0.3 is 0 Å². The van der Waals surface area contributed by atoms with E-state index in [9.17, 15) is 0 Å². The zero-order valence-electron chi connectivity index (χ0n) is 40.6. The predicted molar refractivity (Wildman–Crippen MR) is 273 cm³/mol. The second-order valence-electron chi connectivity index (χ2n) is 19.1. The van der Waals surface area contributed by atoms with Crippen LogP contribution in [0.15, 0.2) is 110 Å². The van der Waals surface area contributed by atoms with E-state index in [2.05, 4.69) is 152 Å². The molecule has 3 atom stereocenters. The van der Waals surface area contributed by atoms with E-state index in [0.717, 1.165) is 64.0 Å². The summed E-state index contributed by atoms with van der Waals surface area (Å²) in [6, 6.07) is 9.38. The van der Waals surface area contributed by atoms with Gasteiger partial charge in [-0.15, -0.1) is 6.58 Å². The minimum Gasteiger partial charge on any atom is -0.389 e. The van der Waals surface area contributed by atoms with Gasteiger partial charge in [0.2, 0.25) is 0 Å². The summed E-state index contributed by atoms with van der Waals surface area (Å²) in [5.74, 6) is 2.64. The largest absolute Gasteiger partial charge is 0.389 e. The first-order valence-electron chi connectivity index (χ1n) is 24.3. The predicted octanol–water partition coefficient (Wildman–Crippen LogP) is 16.4. The van der Waals surface area contributed by atoms with E-state index in [1.54, 1.807) is 0 Å². The van der Waals surface area contributed by atoms with E-state index < -0.39 is 0 Å². The van der Waals surface area contributed by atoms with E-state index in [0.29, 0.717) is 23.0 Å². The summed E-state index contributed by atoms with van der Waals surface area (Å²) in [4.78, 5) is 5.04. The van der Waals surface area contributed by atoms with Crippen molar-refractivity contribution < 1.29 is 0 Å². The smallest absolute Gasteiger partial charge is 0.0498 e. The molecule has 0 aromatic heterocycles. The number of nitrogens with one attached hydrogen (secondary N) is 1. The molecular formula is C56H93N3S. The molecule has 60 heavy (non-hydrogen) atoms. The molecule has 1 saturated heterocycles. The Morgan fingerprint density at radius 2 is 1.52 bits per heavy atom. The molecule has 3 nitrogen and oxygen atoms in total. The van der Waals surface area contributed by atoms with Gasteiger partial charge in [-0.1, -0.05) is 174 Å². The Hall–Kier alpha value is -2.85. The molecule has 0 radical (unpaired) electrons. The van der Waals surface area contributed by atoms with Crippen LogP contribution >= 0.6 is 11.8 Å². The number of thioether (sulfide) groups is 1. The maximum absolute atomic E-state index is 4.88. The van der Waals surface area contributed by atoms with Gasteiger partial charge in [-0.05, 0) is 99.3 Å². The van der Waals surface area contributed by atoms with Crippen LogP contribution in [-0.4, -0.2) is 47.0 Å². The number of hydrogen-bond donors (Lipinski definition) is 1. The van der Waals surface area contributed by atoms with Crippen molar-refractivity contribution >= 4 is 11.8 Å². The van der Waals surface area contributed by atoms with Gasteiger partial charge in [0.15, 0.2) is 0 Å². The highest BCUT2D eigenvalue weighted by atomic mass is 32.2. The SMILES string of the molecule is C=C(C)CC(c1ccc(CC(=C)CC)cc1)C(C)C(C)(C)C(=C)N(CCCCCCC)CCCCCCSC1CC(=C)N(CCC(=C)NCCCCCC=CC(C)C)C1=C. The average molecular weight is 840 g/mol. The first-order chi connectivity index (χ1) is 28.6. The molecular weight excluding hydrogens is 747 g/mol. The Balaban J connectivity index is 1.86. The zero-order valence-corrected chi connectivity index (χ0v) is 41.4. The second kappa shape index (κ2) is 29.5. The van der Waals surface area contributed by atoms with Gasteiger partial charge in [0.25, 0.3) is 0 Å². The van der Waals surface area contributed by atoms with Crippen LogP contribution in [0.3, 0.4) is 0 Å². The third-order valence-corrected chi connectivity index (χ3v) is 14.4. The van der Waals surface area contributed by atoms with Crippen molar-refractivity contribution in [3.8, 4) is 0 Å². The number of rotatable bonds is 35. The van der Waals surface area contributed by atoms with Crippen molar-refractivity contribution in [2.45, 2.75) is 182 Å². The summed E-state index contributed by atoms with van der Waals surface area (Å²) < 4.78 is 0. The molecule has 0 saturated carbocycles. The van der Waals surface area contributed by atoms with Crippen LogP contribution < -0.4 is 5.32 Å². The summed E-state index contributed by atoms with van der Waals surface area (Å²) in [5.41, 5.74) is 10.2. The highest BCUT2D eigenvalue weighted by Gasteiger charge is 2.37. The normalized spacial score (nSPS) is 15.6. The van der Waals surface area contributed by atoms with Crippen molar-refractivity contribution in [2.24, 2.45) is 17.3 Å². The molecule has 1 fully saturated rings. The van der Waals surface area contributed by atoms with Crippen LogP contribution in [0.5, 0.6) is 0 Å². The van der Waals surface area contributed by atoms with Gasteiger partial charge < -0.3 is 15.1 Å². The number of hydrogen-bond acceptors (Lipinski definition) is 4. The van der Waals surface area contributed by atoms with E-state index in [-0.39, 0.29) is 5.41 Å². The van der Waals surface area contributed by atoms with E-state index >= 15 is 0 Å². The second-order valence-corrected chi connectivity index (χ2v) is 20.4. The van der Waals surface area contributed by atoms with Crippen molar-refractivity contribution in [3.05, 3.63) is 121 Å². The molecule has 0 bridgehead atoms. The molecule has 1 N–H and O–H groups in total. The fourth-order valence-corrected chi connectivity index (χ4v) is 9.79. The van der Waals surface area contributed by atoms with Crippen LogP contribution in [0, 0.1) is 17.3 Å². The molecule has 1 aromatic carbocycles. The summed E-state index contributed by atoms with van der Waals surface area (Å²) in [5, 5.41) is 4.02. The quantitative estimate of drug-likeness (QED) is 0.0542. The topological polar surface area (TPSA) is 18.5 Å². The zero-order chi connectivity index (χ0) is 44.5. The highest BCUT2D eigenvalue weighted by molar-refractivity contribution is 8.00. The molecule has 0 spiro atoms. The lowest BCUT2D eigenvalue weighted by atomic mass is 9.67. The summed E-state index contributed by atoms with van der Waals surface area (Å²) >= 11 is 2.08. The fourth-order valence-electron chi connectivity index (χ4n) is 8.51. The molecule has 4 heteroatoms. The molecule has 1 aliphatic heterocycles. The summed E-state index contributed by atoms with van der Waals surface area (Å²) in [6.45, 7) is 49.4. The summed E-state index contributed by atoms with van der Waals surface area (Å²) in [7, 11) is 0. The molecule has 1 heterocycles. The van der Waals surface area contributed by atoms with E-state index in [1.165, 1.54) is 129 Å². The highest BCUT2D eigenvalue weighted by Crippen LogP contribution is 2.46. The number of unbranched alkanes of at least 4 members (excludes halogenated alkanes) is 10. The fraction of sp³-hybridized carbons (Fsp3) is 0.643. The minimum atomic E-state index is -0.0504. The first-order valence-corrected chi connectivity index (χ1v) is 25.3. The molecule has 2 rings (SSSR count). The Kier molecular flexibility index (Phi) is 26.2. The van der Waals surface area contributed by atoms with Crippen molar-refractivity contribution in [1.82, 2.24) is 15.1 Å². The monoisotopic (exact) mass is 840 g/mol. The van der Waals surface area contributed by atoms with Crippen molar-refractivity contribution in [3.63, 3.8) is 0 Å². The molecule has 338 valence electrons. The lowest BCUT2D eigenvalue weighted by molar-refractivity contribution is 0.168. The van der Waals surface area contributed by atoms with Gasteiger partial charge in [-0.2, -0.15) is 11.8 Å². The lowest BCUT2D eigenvalue weighted by Gasteiger charge is -2.44.